The summed E-state index contributed by atoms with van der Waals surface area (Å²) in [6.07, 6.45) is -1.03. The third-order valence-electron chi connectivity index (χ3n) is 1.17. The Morgan fingerprint density at radius 1 is 1.40 bits per heavy atom. The summed E-state index contributed by atoms with van der Waals surface area (Å²) in [5, 5.41) is 10.4. The van der Waals surface area contributed by atoms with Crippen LogP contribution < -0.4 is 5.32 Å². The van der Waals surface area contributed by atoms with Gasteiger partial charge in [0, 0.05) is 18.7 Å². The molecule has 5 nitrogen and oxygen atoms in total. The molecule has 7 heteroatoms. The predicted molar refractivity (Wildman–Crippen MR) is 46.6 cm³/mol. The monoisotopic (exact) mass is 223 g/mol. The Hall–Kier alpha value is -1.50. The first kappa shape index (κ1) is 13.5. The first-order chi connectivity index (χ1) is 7.02. The lowest BCUT2D eigenvalue weighted by Gasteiger charge is -2.03. The van der Waals surface area contributed by atoms with Crippen molar-refractivity contribution < 1.29 is 28.2 Å². The number of carboxylic acid groups (broad SMARTS) is 1. The van der Waals surface area contributed by atoms with Crippen LogP contribution in [0.15, 0.2) is 12.2 Å². The van der Waals surface area contributed by atoms with E-state index in [1.165, 1.54) is 0 Å². The van der Waals surface area contributed by atoms with Crippen LogP contribution in [0.2, 0.25) is 0 Å². The van der Waals surface area contributed by atoms with Gasteiger partial charge in [-0.3, -0.25) is 4.79 Å². The number of alkyl halides is 2. The van der Waals surface area contributed by atoms with Crippen LogP contribution in [0.3, 0.4) is 0 Å². The van der Waals surface area contributed by atoms with Crippen molar-refractivity contribution in [2.75, 3.05) is 19.8 Å². The number of hydrogen-bond donors (Lipinski definition) is 2. The van der Waals surface area contributed by atoms with Gasteiger partial charge in [-0.2, -0.15) is 0 Å². The van der Waals surface area contributed by atoms with E-state index in [1.54, 1.807) is 0 Å². The van der Waals surface area contributed by atoms with Gasteiger partial charge in [-0.05, 0) is 0 Å². The van der Waals surface area contributed by atoms with Crippen LogP contribution in [0.25, 0.3) is 0 Å². The molecule has 0 aromatic rings. The third kappa shape index (κ3) is 10.4. The summed E-state index contributed by atoms with van der Waals surface area (Å²) in [7, 11) is 0. The molecule has 0 bridgehead atoms. The smallest absolute Gasteiger partial charge is 0.328 e. The highest BCUT2D eigenvalue weighted by Crippen LogP contribution is 1.91. The van der Waals surface area contributed by atoms with E-state index in [0.717, 1.165) is 6.08 Å². The molecule has 2 N–H and O–H groups in total. The number of halogens is 2. The maximum atomic E-state index is 11.5. The van der Waals surface area contributed by atoms with E-state index < -0.39 is 24.9 Å². The van der Waals surface area contributed by atoms with Crippen LogP contribution in [0.5, 0.6) is 0 Å². The summed E-state index contributed by atoms with van der Waals surface area (Å²) in [4.78, 5) is 20.8. The van der Waals surface area contributed by atoms with Crippen LogP contribution in [0, 0.1) is 0 Å². The second-order valence-corrected chi connectivity index (χ2v) is 2.43. The molecule has 15 heavy (non-hydrogen) atoms. The highest BCUT2D eigenvalue weighted by atomic mass is 19.3. The summed E-state index contributed by atoms with van der Waals surface area (Å²) < 4.78 is 27.5. The van der Waals surface area contributed by atoms with Crippen molar-refractivity contribution in [1.29, 1.82) is 0 Å². The van der Waals surface area contributed by atoms with Crippen molar-refractivity contribution in [2.45, 2.75) is 6.43 Å². The van der Waals surface area contributed by atoms with Gasteiger partial charge in [-0.25, -0.2) is 13.6 Å². The van der Waals surface area contributed by atoms with E-state index in [4.69, 9.17) is 5.11 Å². The number of hydrogen-bond acceptors (Lipinski definition) is 3. The summed E-state index contributed by atoms with van der Waals surface area (Å²) in [6, 6.07) is 0. The van der Waals surface area contributed by atoms with Gasteiger partial charge in [0.1, 0.15) is 6.61 Å². The van der Waals surface area contributed by atoms with Gasteiger partial charge >= 0.3 is 5.97 Å². The Morgan fingerprint density at radius 2 is 2.07 bits per heavy atom. The van der Waals surface area contributed by atoms with Crippen molar-refractivity contribution in [3.05, 3.63) is 12.2 Å². The van der Waals surface area contributed by atoms with Crippen molar-refractivity contribution in [3.63, 3.8) is 0 Å². The van der Waals surface area contributed by atoms with Gasteiger partial charge in [0.05, 0.1) is 6.61 Å². The Morgan fingerprint density at radius 3 is 2.60 bits per heavy atom. The Kier molecular flexibility index (Phi) is 7.08. The molecule has 0 rings (SSSR count). The summed E-state index contributed by atoms with van der Waals surface area (Å²) in [6.45, 7) is -0.673. The molecule has 0 fully saturated rings. The number of rotatable bonds is 7. The van der Waals surface area contributed by atoms with E-state index in [1.807, 2.05) is 0 Å². The van der Waals surface area contributed by atoms with Gasteiger partial charge < -0.3 is 15.2 Å². The summed E-state index contributed by atoms with van der Waals surface area (Å²) in [5.74, 6) is -1.85. The van der Waals surface area contributed by atoms with E-state index in [2.05, 4.69) is 10.1 Å². The van der Waals surface area contributed by atoms with E-state index >= 15 is 0 Å². The second kappa shape index (κ2) is 7.86. The fourth-order valence-corrected chi connectivity index (χ4v) is 0.625. The Balaban J connectivity index is 3.43. The van der Waals surface area contributed by atoms with Crippen molar-refractivity contribution in [3.8, 4) is 0 Å². The largest absolute Gasteiger partial charge is 0.478 e. The number of carbonyl (C=O) groups is 2. The highest BCUT2D eigenvalue weighted by Gasteiger charge is 2.01. The molecule has 0 radical (unpaired) electrons. The quantitative estimate of drug-likeness (QED) is 0.471. The van der Waals surface area contributed by atoms with Gasteiger partial charge in [0.25, 0.3) is 6.43 Å². The van der Waals surface area contributed by atoms with Crippen molar-refractivity contribution in [1.82, 2.24) is 5.32 Å². The summed E-state index contributed by atoms with van der Waals surface area (Å²) >= 11 is 0. The number of nitrogens with one attached hydrogen (secondary N) is 1. The number of aliphatic carboxylic acids is 1. The molecular weight excluding hydrogens is 212 g/mol. The first-order valence-electron chi connectivity index (χ1n) is 4.07. The first-order valence-corrected chi connectivity index (χ1v) is 4.07. The molecule has 0 aromatic carbocycles. The van der Waals surface area contributed by atoms with Crippen LogP contribution in [-0.4, -0.2) is 43.2 Å². The molecule has 0 saturated carbocycles. The van der Waals surface area contributed by atoms with Crippen LogP contribution in [0.1, 0.15) is 0 Å². The number of carbonyl (C=O) groups excluding carboxylic acids is 1. The van der Waals surface area contributed by atoms with Gasteiger partial charge in [-0.15, -0.1) is 0 Å². The molecule has 86 valence electrons. The van der Waals surface area contributed by atoms with Crippen LogP contribution in [-0.2, 0) is 14.3 Å². The highest BCUT2D eigenvalue weighted by molar-refractivity contribution is 5.93. The van der Waals surface area contributed by atoms with E-state index in [0.29, 0.717) is 6.08 Å². The molecule has 1 amide bonds. The summed E-state index contributed by atoms with van der Waals surface area (Å²) in [5.41, 5.74) is 0. The lowest BCUT2D eigenvalue weighted by molar-refractivity contribution is -0.131. The Bertz CT molecular complexity index is 243. The molecular formula is C8H11F2NO4. The fraction of sp³-hybridized carbons (Fsp3) is 0.500. The lowest BCUT2D eigenvalue weighted by Crippen LogP contribution is -2.26. The zero-order valence-corrected chi connectivity index (χ0v) is 7.78. The molecule has 0 aliphatic heterocycles. The normalized spacial score (nSPS) is 10.9. The number of ether oxygens (including phenoxy) is 1. The third-order valence-corrected chi connectivity index (χ3v) is 1.17. The minimum atomic E-state index is -2.53. The van der Waals surface area contributed by atoms with Gasteiger partial charge in [0.2, 0.25) is 5.91 Å². The molecule has 0 spiro atoms. The average molecular weight is 223 g/mol. The topological polar surface area (TPSA) is 75.6 Å². The number of carboxylic acids is 1. The zero-order valence-electron chi connectivity index (χ0n) is 7.78. The molecule has 0 aromatic heterocycles. The number of amides is 1. The van der Waals surface area contributed by atoms with E-state index in [-0.39, 0.29) is 13.2 Å². The SMILES string of the molecule is O=C(O)/C=C/C(=O)NCCOCC(F)F. The van der Waals surface area contributed by atoms with Crippen LogP contribution >= 0.6 is 0 Å². The van der Waals surface area contributed by atoms with Gasteiger partial charge in [0.15, 0.2) is 0 Å². The van der Waals surface area contributed by atoms with Crippen LogP contribution in [0.4, 0.5) is 8.78 Å². The van der Waals surface area contributed by atoms with E-state index in [9.17, 15) is 18.4 Å². The molecule has 0 aliphatic carbocycles. The maximum absolute atomic E-state index is 11.5. The fourth-order valence-electron chi connectivity index (χ4n) is 0.625. The second-order valence-electron chi connectivity index (χ2n) is 2.43. The Labute approximate surface area is 84.7 Å². The maximum Gasteiger partial charge on any atom is 0.328 e. The molecule has 0 unspecified atom stereocenters. The predicted octanol–water partition coefficient (Wildman–Crippen LogP) is 0.0251. The minimum absolute atomic E-state index is 0.0447. The molecule has 0 heterocycles. The standard InChI is InChI=1S/C8H11F2NO4/c9-6(10)5-15-4-3-11-7(12)1-2-8(13)14/h1-2,6H,3-5H2,(H,11,12)(H,13,14)/b2-1+. The average Bonchev–Trinajstić information content (AvgIpc) is 2.13. The minimum Gasteiger partial charge on any atom is -0.478 e. The van der Waals surface area contributed by atoms with Crippen molar-refractivity contribution >= 4 is 11.9 Å². The molecule has 0 atom stereocenters. The molecule has 0 aliphatic rings. The lowest BCUT2D eigenvalue weighted by atomic mass is 10.4. The molecule has 0 saturated heterocycles. The van der Waals surface area contributed by atoms with Gasteiger partial charge in [-0.1, -0.05) is 0 Å². The zero-order chi connectivity index (χ0) is 11.7. The van der Waals surface area contributed by atoms with Crippen molar-refractivity contribution in [2.24, 2.45) is 0 Å².